The number of hydrogen-bond acceptors (Lipinski definition) is 2. The minimum Gasteiger partial charge on any atom is -0.439 e. The molecule has 122 valence electrons. The van der Waals surface area contributed by atoms with Gasteiger partial charge >= 0.3 is 6.03 Å². The van der Waals surface area contributed by atoms with Crippen LogP contribution in [0.25, 0.3) is 11.0 Å². The second-order valence-electron chi connectivity index (χ2n) is 6.08. The van der Waals surface area contributed by atoms with Crippen molar-refractivity contribution < 1.29 is 9.21 Å². The van der Waals surface area contributed by atoms with Gasteiger partial charge in [0.1, 0.15) is 5.58 Å². The first-order valence-corrected chi connectivity index (χ1v) is 8.95. The van der Waals surface area contributed by atoms with E-state index in [-0.39, 0.29) is 18.1 Å². The van der Waals surface area contributed by atoms with Crippen molar-refractivity contribution in [3.8, 4) is 0 Å². The molecule has 1 aromatic heterocycles. The van der Waals surface area contributed by atoms with Crippen LogP contribution in [-0.4, -0.2) is 24.0 Å². The Balaban J connectivity index is 1.89. The summed E-state index contributed by atoms with van der Waals surface area (Å²) in [5.41, 5.74) is 1.91. The van der Waals surface area contributed by atoms with Crippen molar-refractivity contribution in [2.24, 2.45) is 0 Å². The predicted octanol–water partition coefficient (Wildman–Crippen LogP) is 5.04. The van der Waals surface area contributed by atoms with Crippen molar-refractivity contribution in [2.75, 3.05) is 11.9 Å². The smallest absolute Gasteiger partial charge is 0.327 e. The van der Waals surface area contributed by atoms with Gasteiger partial charge in [0.25, 0.3) is 0 Å². The fraction of sp³-hybridized carbons (Fsp3) is 0.211. The van der Waals surface area contributed by atoms with Crippen molar-refractivity contribution in [1.82, 2.24) is 4.90 Å². The van der Waals surface area contributed by atoms with Gasteiger partial charge in [-0.3, -0.25) is 4.90 Å². The van der Waals surface area contributed by atoms with E-state index in [0.717, 1.165) is 20.1 Å². The molecule has 1 aliphatic heterocycles. The highest BCUT2D eigenvalue weighted by Crippen LogP contribution is 2.43. The van der Waals surface area contributed by atoms with Gasteiger partial charge in [-0.15, -0.1) is 0 Å². The summed E-state index contributed by atoms with van der Waals surface area (Å²) in [6.07, 6.45) is 0. The molecule has 2 atom stereocenters. The molecule has 2 amide bonds. The highest BCUT2D eigenvalue weighted by molar-refractivity contribution is 14.1. The molecular formula is C19H17IN2O2. The van der Waals surface area contributed by atoms with E-state index in [1.54, 1.807) is 9.80 Å². The molecule has 0 unspecified atom stereocenters. The molecule has 24 heavy (non-hydrogen) atoms. The average molecular weight is 432 g/mol. The Morgan fingerprint density at radius 3 is 2.42 bits per heavy atom. The van der Waals surface area contributed by atoms with Gasteiger partial charge in [-0.1, -0.05) is 42.5 Å². The minimum absolute atomic E-state index is 0.0340. The minimum atomic E-state index is -0.0715. The number of nitrogens with zero attached hydrogens (tertiary/aromatic N) is 2. The van der Waals surface area contributed by atoms with Crippen molar-refractivity contribution in [3.63, 3.8) is 0 Å². The summed E-state index contributed by atoms with van der Waals surface area (Å²) in [6.45, 7) is 2.07. The zero-order valence-electron chi connectivity index (χ0n) is 13.4. The van der Waals surface area contributed by atoms with E-state index in [0.29, 0.717) is 5.88 Å². The van der Waals surface area contributed by atoms with Crippen LogP contribution >= 0.6 is 22.6 Å². The number of urea groups is 1. The lowest BCUT2D eigenvalue weighted by molar-refractivity contribution is 0.220. The molecule has 1 aliphatic rings. The fourth-order valence-corrected chi connectivity index (χ4v) is 4.15. The molecule has 3 aromatic rings. The van der Waals surface area contributed by atoms with Crippen LogP contribution in [-0.2, 0) is 0 Å². The number of para-hydroxylation sites is 1. The van der Waals surface area contributed by atoms with Crippen molar-refractivity contribution in [2.45, 2.75) is 19.0 Å². The highest BCUT2D eigenvalue weighted by Gasteiger charge is 2.45. The van der Waals surface area contributed by atoms with Crippen LogP contribution in [0, 0.1) is 3.57 Å². The third kappa shape index (κ3) is 2.22. The van der Waals surface area contributed by atoms with Crippen molar-refractivity contribution in [3.05, 3.63) is 63.7 Å². The number of likely N-dealkylation sites (N-methyl/N-ethyl adjacent to an activating group) is 1. The van der Waals surface area contributed by atoms with E-state index >= 15 is 0 Å². The van der Waals surface area contributed by atoms with Crippen LogP contribution < -0.4 is 4.90 Å². The molecule has 0 N–H and O–H groups in total. The Hall–Kier alpha value is -2.02. The van der Waals surface area contributed by atoms with Gasteiger partial charge in [-0.25, -0.2) is 4.79 Å². The Morgan fingerprint density at radius 1 is 1.04 bits per heavy atom. The molecular weight excluding hydrogens is 415 g/mol. The van der Waals surface area contributed by atoms with Crippen LogP contribution in [0.1, 0.15) is 18.5 Å². The first kappa shape index (κ1) is 15.5. The van der Waals surface area contributed by atoms with Gasteiger partial charge < -0.3 is 9.32 Å². The zero-order valence-corrected chi connectivity index (χ0v) is 15.6. The largest absolute Gasteiger partial charge is 0.439 e. The number of hydrogen-bond donors (Lipinski definition) is 0. The van der Waals surface area contributed by atoms with E-state index < -0.39 is 0 Å². The second-order valence-corrected chi connectivity index (χ2v) is 7.16. The molecule has 0 bridgehead atoms. The Morgan fingerprint density at radius 2 is 1.71 bits per heavy atom. The monoisotopic (exact) mass is 432 g/mol. The Kier molecular flexibility index (Phi) is 3.75. The van der Waals surface area contributed by atoms with E-state index in [1.807, 2.05) is 49.5 Å². The Bertz CT molecular complexity index is 906. The SMILES string of the molecule is C[C@@H]1[C@H](c2ccccc2)N(c2oc3ccccc3c2I)C(=O)N1C. The van der Waals surface area contributed by atoms with Crippen LogP contribution in [0.3, 0.4) is 0 Å². The lowest BCUT2D eigenvalue weighted by atomic mass is 10.0. The van der Waals surface area contributed by atoms with Gasteiger partial charge in [0.15, 0.2) is 0 Å². The van der Waals surface area contributed by atoms with Crippen LogP contribution in [0.15, 0.2) is 59.0 Å². The zero-order chi connectivity index (χ0) is 16.8. The number of fused-ring (bicyclic) bond motifs is 1. The summed E-state index contributed by atoms with van der Waals surface area (Å²) in [7, 11) is 1.85. The molecule has 4 rings (SSSR count). The van der Waals surface area contributed by atoms with Gasteiger partial charge in [0.2, 0.25) is 5.88 Å². The number of carbonyl (C=O) groups is 1. The van der Waals surface area contributed by atoms with Gasteiger partial charge in [0.05, 0.1) is 15.7 Å². The molecule has 1 fully saturated rings. The molecule has 1 saturated heterocycles. The van der Waals surface area contributed by atoms with E-state index in [2.05, 4.69) is 41.6 Å². The summed E-state index contributed by atoms with van der Waals surface area (Å²) >= 11 is 2.27. The van der Waals surface area contributed by atoms with E-state index in [1.165, 1.54) is 0 Å². The molecule has 0 saturated carbocycles. The number of furan rings is 1. The molecule has 4 nitrogen and oxygen atoms in total. The summed E-state index contributed by atoms with van der Waals surface area (Å²) in [6, 6.07) is 18.0. The number of amides is 2. The van der Waals surface area contributed by atoms with Gasteiger partial charge in [0, 0.05) is 12.4 Å². The van der Waals surface area contributed by atoms with E-state index in [9.17, 15) is 4.79 Å². The summed E-state index contributed by atoms with van der Waals surface area (Å²) < 4.78 is 7.04. The fourth-order valence-electron chi connectivity index (χ4n) is 3.34. The maximum atomic E-state index is 12.9. The average Bonchev–Trinajstić information content (AvgIpc) is 3.05. The Labute approximate surface area is 154 Å². The van der Waals surface area contributed by atoms with Gasteiger partial charge in [-0.05, 0) is 47.2 Å². The lowest BCUT2D eigenvalue weighted by Crippen LogP contribution is -2.30. The third-order valence-corrected chi connectivity index (χ3v) is 5.77. The van der Waals surface area contributed by atoms with Gasteiger partial charge in [-0.2, -0.15) is 0 Å². The van der Waals surface area contributed by atoms with Crippen molar-refractivity contribution >= 4 is 45.5 Å². The topological polar surface area (TPSA) is 36.7 Å². The number of benzene rings is 2. The normalized spacial score (nSPS) is 21.0. The first-order valence-electron chi connectivity index (χ1n) is 7.87. The van der Waals surface area contributed by atoms with Crippen LogP contribution in [0.2, 0.25) is 0 Å². The third-order valence-electron chi connectivity index (χ3n) is 4.73. The summed E-state index contributed by atoms with van der Waals surface area (Å²) in [5.74, 6) is 0.631. The molecule has 2 heterocycles. The number of halogens is 1. The number of carbonyl (C=O) groups excluding carboxylic acids is 1. The summed E-state index contributed by atoms with van der Waals surface area (Å²) in [4.78, 5) is 16.5. The lowest BCUT2D eigenvalue weighted by Gasteiger charge is -2.24. The summed E-state index contributed by atoms with van der Waals surface area (Å²) in [5, 5.41) is 1.04. The first-order chi connectivity index (χ1) is 11.6. The quantitative estimate of drug-likeness (QED) is 0.533. The number of anilines is 1. The predicted molar refractivity (Wildman–Crippen MR) is 103 cm³/mol. The molecule has 2 aromatic carbocycles. The van der Waals surface area contributed by atoms with E-state index in [4.69, 9.17) is 4.42 Å². The standard InChI is InChI=1S/C19H17IN2O2/c1-12-17(13-8-4-3-5-9-13)22(19(23)21(12)2)18-16(20)14-10-6-7-11-15(14)24-18/h3-12,17H,1-2H3/t12-,17-/m1/s1. The molecule has 0 aliphatic carbocycles. The number of rotatable bonds is 2. The second kappa shape index (κ2) is 5.81. The van der Waals surface area contributed by atoms with Crippen LogP contribution in [0.5, 0.6) is 0 Å². The van der Waals surface area contributed by atoms with Crippen LogP contribution in [0.4, 0.5) is 10.7 Å². The molecule has 0 spiro atoms. The van der Waals surface area contributed by atoms with Crippen molar-refractivity contribution in [1.29, 1.82) is 0 Å². The highest BCUT2D eigenvalue weighted by atomic mass is 127. The maximum Gasteiger partial charge on any atom is 0.327 e. The maximum absolute atomic E-state index is 12.9. The molecule has 5 heteroatoms. The molecule has 0 radical (unpaired) electrons.